The van der Waals surface area contributed by atoms with Gasteiger partial charge in [-0.1, -0.05) is 30.7 Å². The van der Waals surface area contributed by atoms with Crippen molar-refractivity contribution >= 4 is 33.9 Å². The first-order valence-electron chi connectivity index (χ1n) is 13.1. The largest absolute Gasteiger partial charge is 0.507 e. The maximum absolute atomic E-state index is 13.5. The lowest BCUT2D eigenvalue weighted by Gasteiger charge is -2.23. The SMILES string of the molecule is CCCCOc1ccc([C@H]2C(=C(O)c3ccc4c(c3)C[C@H](C)O4)C(=O)C(=O)N2c2nnc(C)s2)cc1OCC. The minimum Gasteiger partial charge on any atom is -0.507 e. The van der Waals surface area contributed by atoms with Crippen molar-refractivity contribution in [1.29, 1.82) is 0 Å². The van der Waals surface area contributed by atoms with Gasteiger partial charge in [0.05, 0.1) is 24.8 Å². The lowest BCUT2D eigenvalue weighted by molar-refractivity contribution is -0.132. The number of amides is 1. The summed E-state index contributed by atoms with van der Waals surface area (Å²) in [4.78, 5) is 28.2. The lowest BCUT2D eigenvalue weighted by atomic mass is 9.94. The number of aliphatic hydroxyl groups is 1. The van der Waals surface area contributed by atoms with E-state index in [0.717, 1.165) is 24.2 Å². The van der Waals surface area contributed by atoms with Crippen LogP contribution in [0.3, 0.4) is 0 Å². The van der Waals surface area contributed by atoms with Crippen LogP contribution in [-0.4, -0.2) is 46.3 Å². The highest BCUT2D eigenvalue weighted by atomic mass is 32.1. The van der Waals surface area contributed by atoms with Gasteiger partial charge in [0.1, 0.15) is 22.6 Å². The van der Waals surface area contributed by atoms with Crippen LogP contribution >= 0.6 is 11.3 Å². The van der Waals surface area contributed by atoms with Gasteiger partial charge in [-0.05, 0) is 68.7 Å². The molecule has 0 spiro atoms. The number of aryl methyl sites for hydroxylation is 1. The number of aliphatic hydroxyl groups excluding tert-OH is 1. The molecule has 5 rings (SSSR count). The number of hydrogen-bond acceptors (Lipinski definition) is 9. The summed E-state index contributed by atoms with van der Waals surface area (Å²) in [6.07, 6.45) is 2.61. The van der Waals surface area contributed by atoms with E-state index in [2.05, 4.69) is 17.1 Å². The smallest absolute Gasteiger partial charge is 0.301 e. The van der Waals surface area contributed by atoms with E-state index in [0.29, 0.717) is 47.3 Å². The molecule has 2 aromatic carbocycles. The molecule has 0 bridgehead atoms. The first kappa shape index (κ1) is 26.7. The molecular weight excluding hydrogens is 518 g/mol. The van der Waals surface area contributed by atoms with Crippen LogP contribution in [0.4, 0.5) is 5.13 Å². The van der Waals surface area contributed by atoms with Crippen molar-refractivity contribution in [3.63, 3.8) is 0 Å². The van der Waals surface area contributed by atoms with Crippen molar-refractivity contribution in [3.8, 4) is 17.2 Å². The lowest BCUT2D eigenvalue weighted by Crippen LogP contribution is -2.29. The van der Waals surface area contributed by atoms with E-state index in [4.69, 9.17) is 14.2 Å². The predicted molar refractivity (Wildman–Crippen MR) is 148 cm³/mol. The molecule has 9 nitrogen and oxygen atoms in total. The fraction of sp³-hybridized carbons (Fsp3) is 0.379. The van der Waals surface area contributed by atoms with Crippen LogP contribution < -0.4 is 19.1 Å². The molecule has 0 aliphatic carbocycles. The van der Waals surface area contributed by atoms with Gasteiger partial charge in [-0.25, -0.2) is 0 Å². The van der Waals surface area contributed by atoms with Crippen LogP contribution in [0.25, 0.3) is 5.76 Å². The number of ether oxygens (including phenoxy) is 3. The fourth-order valence-corrected chi connectivity index (χ4v) is 5.58. The van der Waals surface area contributed by atoms with Crippen molar-refractivity contribution in [3.05, 3.63) is 63.7 Å². The van der Waals surface area contributed by atoms with Gasteiger partial charge < -0.3 is 19.3 Å². The molecule has 1 saturated heterocycles. The second-order valence-electron chi connectivity index (χ2n) is 9.57. The minimum atomic E-state index is -0.940. The molecule has 1 aromatic heterocycles. The number of ketones is 1. The zero-order valence-corrected chi connectivity index (χ0v) is 23.2. The summed E-state index contributed by atoms with van der Waals surface area (Å²) in [6, 6.07) is 9.66. The number of nitrogens with zero attached hydrogens (tertiary/aromatic N) is 3. The Bertz CT molecular complexity index is 1450. The van der Waals surface area contributed by atoms with Gasteiger partial charge in [-0.3, -0.25) is 14.5 Å². The van der Waals surface area contributed by atoms with Gasteiger partial charge in [-0.2, -0.15) is 0 Å². The van der Waals surface area contributed by atoms with E-state index in [9.17, 15) is 14.7 Å². The van der Waals surface area contributed by atoms with E-state index in [1.54, 1.807) is 37.3 Å². The van der Waals surface area contributed by atoms with E-state index in [1.165, 1.54) is 16.2 Å². The molecule has 0 radical (unpaired) electrons. The molecule has 1 amide bonds. The van der Waals surface area contributed by atoms with Crippen molar-refractivity contribution in [1.82, 2.24) is 10.2 Å². The van der Waals surface area contributed by atoms with Crippen LogP contribution in [0.2, 0.25) is 0 Å². The highest BCUT2D eigenvalue weighted by Gasteiger charge is 2.48. The summed E-state index contributed by atoms with van der Waals surface area (Å²) in [7, 11) is 0. The van der Waals surface area contributed by atoms with Crippen LogP contribution in [0.15, 0.2) is 42.0 Å². The van der Waals surface area contributed by atoms with Crippen LogP contribution in [0, 0.1) is 6.92 Å². The fourth-order valence-electron chi connectivity index (χ4n) is 4.86. The number of hydrogen-bond donors (Lipinski definition) is 1. The van der Waals surface area contributed by atoms with Gasteiger partial charge in [0.25, 0.3) is 5.78 Å². The molecule has 3 heterocycles. The van der Waals surface area contributed by atoms with E-state index in [1.807, 2.05) is 19.9 Å². The number of unbranched alkanes of at least 4 members (excludes halogenated alkanes) is 1. The second-order valence-corrected chi connectivity index (χ2v) is 10.7. The summed E-state index contributed by atoms with van der Waals surface area (Å²) in [5.41, 5.74) is 1.92. The Morgan fingerprint density at radius 1 is 1.13 bits per heavy atom. The van der Waals surface area contributed by atoms with Gasteiger partial charge in [-0.15, -0.1) is 10.2 Å². The molecule has 1 fully saturated rings. The molecule has 2 aliphatic heterocycles. The van der Waals surface area contributed by atoms with Crippen molar-refractivity contribution < 1.29 is 28.9 Å². The van der Waals surface area contributed by atoms with Crippen molar-refractivity contribution in [2.75, 3.05) is 18.1 Å². The predicted octanol–water partition coefficient (Wildman–Crippen LogP) is 5.37. The zero-order chi connectivity index (χ0) is 27.7. The highest BCUT2D eigenvalue weighted by molar-refractivity contribution is 7.15. The second kappa shape index (κ2) is 11.1. The summed E-state index contributed by atoms with van der Waals surface area (Å²) < 4.78 is 17.6. The monoisotopic (exact) mass is 549 g/mol. The number of fused-ring (bicyclic) bond motifs is 1. The number of anilines is 1. The summed E-state index contributed by atoms with van der Waals surface area (Å²) in [5, 5.41) is 20.7. The van der Waals surface area contributed by atoms with E-state index < -0.39 is 17.7 Å². The standard InChI is InChI=1S/C29H31N3O6S/c1-5-7-12-37-22-11-8-18(15-23(22)36-6-2)25-24(27(34)28(35)32(25)29-31-30-17(4)39-29)26(33)19-9-10-21-20(14-19)13-16(3)38-21/h8-11,14-16,25,33H,5-7,12-13H2,1-4H3/t16-,25-/m0/s1. The maximum atomic E-state index is 13.5. The summed E-state index contributed by atoms with van der Waals surface area (Å²) in [5.74, 6) is -0.0147. The van der Waals surface area contributed by atoms with Crippen LogP contribution in [-0.2, 0) is 16.0 Å². The van der Waals surface area contributed by atoms with Gasteiger partial charge in [0, 0.05) is 12.0 Å². The number of aromatic nitrogens is 2. The molecule has 0 unspecified atom stereocenters. The molecular formula is C29H31N3O6S. The number of rotatable bonds is 9. The van der Waals surface area contributed by atoms with Crippen LogP contribution in [0.5, 0.6) is 17.2 Å². The molecule has 3 aromatic rings. The van der Waals surface area contributed by atoms with Crippen molar-refractivity contribution in [2.45, 2.75) is 59.1 Å². The average Bonchev–Trinajstić information content (AvgIpc) is 3.59. The summed E-state index contributed by atoms with van der Waals surface area (Å²) >= 11 is 1.20. The maximum Gasteiger partial charge on any atom is 0.301 e. The van der Waals surface area contributed by atoms with Crippen LogP contribution in [0.1, 0.15) is 61.4 Å². The van der Waals surface area contributed by atoms with Gasteiger partial charge in [0.2, 0.25) is 5.13 Å². The van der Waals surface area contributed by atoms with E-state index >= 15 is 0 Å². The third-order valence-electron chi connectivity index (χ3n) is 6.67. The molecule has 0 saturated carbocycles. The molecule has 10 heteroatoms. The minimum absolute atomic E-state index is 0.0260. The molecule has 39 heavy (non-hydrogen) atoms. The molecule has 1 N–H and O–H groups in total. The third-order valence-corrected chi connectivity index (χ3v) is 7.51. The number of benzene rings is 2. The average molecular weight is 550 g/mol. The Morgan fingerprint density at radius 2 is 1.95 bits per heavy atom. The normalized spacial score (nSPS) is 19.7. The highest BCUT2D eigenvalue weighted by Crippen LogP contribution is 2.45. The molecule has 204 valence electrons. The van der Waals surface area contributed by atoms with Crippen molar-refractivity contribution in [2.24, 2.45) is 0 Å². The summed E-state index contributed by atoms with van der Waals surface area (Å²) in [6.45, 7) is 8.65. The Balaban J connectivity index is 1.64. The zero-order valence-electron chi connectivity index (χ0n) is 22.4. The topological polar surface area (TPSA) is 111 Å². The quantitative estimate of drug-likeness (QED) is 0.164. The van der Waals surface area contributed by atoms with E-state index in [-0.39, 0.29) is 22.6 Å². The molecule has 2 aliphatic rings. The number of carbonyl (C=O) groups excluding carboxylic acids is 2. The molecule has 2 atom stereocenters. The van der Waals surface area contributed by atoms with Gasteiger partial charge in [0.15, 0.2) is 11.5 Å². The Hall–Kier alpha value is -3.92. The Labute approximate surface area is 231 Å². The Morgan fingerprint density at radius 3 is 2.67 bits per heavy atom. The van der Waals surface area contributed by atoms with Gasteiger partial charge >= 0.3 is 5.91 Å². The third kappa shape index (κ3) is 5.08. The first-order valence-corrected chi connectivity index (χ1v) is 13.9. The Kier molecular flexibility index (Phi) is 7.56. The number of carbonyl (C=O) groups is 2. The first-order chi connectivity index (χ1) is 18.8. The number of Topliss-reactive ketones (excluding diaryl/α,β-unsaturated/α-hetero) is 1.